The predicted molar refractivity (Wildman–Crippen MR) is 120 cm³/mol. The number of hydrogen-bond donors (Lipinski definition) is 2. The molecule has 1 aliphatic heterocycles. The minimum absolute atomic E-state index is 0. The van der Waals surface area contributed by atoms with Gasteiger partial charge in [-0.05, 0) is 31.9 Å². The lowest BCUT2D eigenvalue weighted by Crippen LogP contribution is -2.51. The molecular weight excluding hydrogens is 498 g/mol. The molecule has 0 spiro atoms. The molecule has 0 radical (unpaired) electrons. The van der Waals surface area contributed by atoms with Crippen molar-refractivity contribution in [2.45, 2.75) is 32.0 Å². The molecule has 1 aromatic rings. The number of likely N-dealkylation sites (N-methyl/N-ethyl adjacent to an activating group) is 1. The maximum atomic E-state index is 12.4. The van der Waals surface area contributed by atoms with E-state index in [9.17, 15) is 18.0 Å². The lowest BCUT2D eigenvalue weighted by Gasteiger charge is -2.35. The number of guanidine groups is 1. The summed E-state index contributed by atoms with van der Waals surface area (Å²) in [6.07, 6.45) is -2.45. The molecule has 2 rings (SSSR count). The molecular formula is C19H29F3IN5O. The Balaban J connectivity index is 0.00000420. The molecule has 164 valence electrons. The number of halogens is 4. The van der Waals surface area contributed by atoms with E-state index in [0.29, 0.717) is 17.4 Å². The molecule has 0 bridgehead atoms. The Morgan fingerprint density at radius 2 is 2.00 bits per heavy atom. The van der Waals surface area contributed by atoms with Crippen LogP contribution in [0.5, 0.6) is 0 Å². The number of anilines is 1. The third kappa shape index (κ3) is 9.09. The average Bonchev–Trinajstić information content (AvgIpc) is 2.65. The highest BCUT2D eigenvalue weighted by atomic mass is 127. The van der Waals surface area contributed by atoms with Crippen molar-refractivity contribution in [3.05, 3.63) is 30.3 Å². The summed E-state index contributed by atoms with van der Waals surface area (Å²) in [6, 6.07) is 10.2. The zero-order chi connectivity index (χ0) is 20.6. The van der Waals surface area contributed by atoms with Crippen LogP contribution in [0.2, 0.25) is 0 Å². The summed E-state index contributed by atoms with van der Waals surface area (Å²) in [5, 5.41) is 6.36. The largest absolute Gasteiger partial charge is 0.406 e. The van der Waals surface area contributed by atoms with Gasteiger partial charge in [-0.3, -0.25) is 4.79 Å². The smallest absolute Gasteiger partial charge is 0.369 e. The fourth-order valence-electron chi connectivity index (χ4n) is 3.11. The minimum atomic E-state index is -4.42. The number of piperidine rings is 1. The predicted octanol–water partition coefficient (Wildman–Crippen LogP) is 2.85. The van der Waals surface area contributed by atoms with Gasteiger partial charge >= 0.3 is 6.18 Å². The summed E-state index contributed by atoms with van der Waals surface area (Å²) in [6.45, 7) is 2.63. The van der Waals surface area contributed by atoms with Crippen LogP contribution in [0, 0.1) is 0 Å². The molecule has 1 atom stereocenters. The third-order valence-electron chi connectivity index (χ3n) is 4.44. The Morgan fingerprint density at radius 1 is 1.31 bits per heavy atom. The van der Waals surface area contributed by atoms with Gasteiger partial charge in [-0.2, -0.15) is 13.2 Å². The number of carbonyl (C=O) groups is 1. The summed E-state index contributed by atoms with van der Waals surface area (Å²) >= 11 is 0. The molecule has 1 aliphatic rings. The van der Waals surface area contributed by atoms with Gasteiger partial charge in [0.05, 0.1) is 0 Å². The first-order valence-electron chi connectivity index (χ1n) is 9.44. The van der Waals surface area contributed by atoms with Crippen LogP contribution < -0.4 is 15.5 Å². The Bertz CT molecular complexity index is 657. The molecule has 1 saturated heterocycles. The maximum Gasteiger partial charge on any atom is 0.406 e. The van der Waals surface area contributed by atoms with Gasteiger partial charge in [0.2, 0.25) is 5.91 Å². The number of amides is 1. The Morgan fingerprint density at radius 3 is 2.62 bits per heavy atom. The second kappa shape index (κ2) is 12.1. The monoisotopic (exact) mass is 527 g/mol. The molecule has 1 amide bonds. The molecule has 0 aromatic heterocycles. The van der Waals surface area contributed by atoms with Gasteiger partial charge in [0.25, 0.3) is 0 Å². The number of rotatable bonds is 6. The molecule has 0 saturated carbocycles. The molecule has 1 fully saturated rings. The van der Waals surface area contributed by atoms with Crippen molar-refractivity contribution in [2.75, 3.05) is 44.7 Å². The molecule has 1 unspecified atom stereocenters. The van der Waals surface area contributed by atoms with E-state index in [-0.39, 0.29) is 36.6 Å². The van der Waals surface area contributed by atoms with E-state index in [1.165, 1.54) is 0 Å². The van der Waals surface area contributed by atoms with Crippen molar-refractivity contribution >= 4 is 41.5 Å². The van der Waals surface area contributed by atoms with Gasteiger partial charge in [-0.1, -0.05) is 18.2 Å². The first-order chi connectivity index (χ1) is 13.3. The van der Waals surface area contributed by atoms with Gasteiger partial charge in [0.1, 0.15) is 13.1 Å². The summed E-state index contributed by atoms with van der Waals surface area (Å²) in [5.41, 5.74) is 1.15. The number of carbonyl (C=O) groups excluding carboxylic acids is 1. The van der Waals surface area contributed by atoms with Crippen LogP contribution in [0.15, 0.2) is 35.3 Å². The normalized spacial score (nSPS) is 17.3. The molecule has 0 aliphatic carbocycles. The second-order valence-corrected chi connectivity index (χ2v) is 6.83. The van der Waals surface area contributed by atoms with Crippen molar-refractivity contribution in [2.24, 2.45) is 4.99 Å². The Labute approximate surface area is 186 Å². The number of hydrogen-bond acceptors (Lipinski definition) is 3. The van der Waals surface area contributed by atoms with Crippen molar-refractivity contribution < 1.29 is 18.0 Å². The van der Waals surface area contributed by atoms with Crippen LogP contribution in [0.25, 0.3) is 0 Å². The lowest BCUT2D eigenvalue weighted by molar-refractivity contribution is -0.157. The summed E-state index contributed by atoms with van der Waals surface area (Å²) < 4.78 is 37.2. The van der Waals surface area contributed by atoms with Crippen molar-refractivity contribution in [3.8, 4) is 0 Å². The van der Waals surface area contributed by atoms with Crippen LogP contribution in [-0.4, -0.2) is 68.8 Å². The van der Waals surface area contributed by atoms with E-state index in [2.05, 4.69) is 32.7 Å². The van der Waals surface area contributed by atoms with Gasteiger partial charge in [-0.25, -0.2) is 4.99 Å². The quantitative estimate of drug-likeness (QED) is 0.340. The van der Waals surface area contributed by atoms with E-state index in [0.717, 1.165) is 38.7 Å². The number of para-hydroxylation sites is 1. The molecule has 1 aromatic carbocycles. The molecule has 2 N–H and O–H groups in total. The standard InChI is InChI=1S/C19H28F3N5O.HI/c1-3-23-18(24-12-17(28)26(2)14-19(20,21)22)25-15-8-7-11-27(13-15)16-9-5-4-6-10-16;/h4-6,9-10,15H,3,7-8,11-14H2,1-2H3,(H2,23,24,25);1H. The SMILES string of the molecule is CCNC(=NCC(=O)N(C)CC(F)(F)F)NC1CCCN(c2ccccc2)C1.I. The number of nitrogens with zero attached hydrogens (tertiary/aromatic N) is 3. The van der Waals surface area contributed by atoms with Crippen LogP contribution >= 0.6 is 24.0 Å². The molecule has 29 heavy (non-hydrogen) atoms. The average molecular weight is 527 g/mol. The van der Waals surface area contributed by atoms with Gasteiger partial charge in [-0.15, -0.1) is 24.0 Å². The van der Waals surface area contributed by atoms with E-state index in [4.69, 9.17) is 0 Å². The number of nitrogens with one attached hydrogen (secondary N) is 2. The van der Waals surface area contributed by atoms with Gasteiger partial charge in [0, 0.05) is 38.4 Å². The van der Waals surface area contributed by atoms with Gasteiger partial charge in [0.15, 0.2) is 5.96 Å². The number of aliphatic imine (C=N–C) groups is 1. The van der Waals surface area contributed by atoms with E-state index < -0.39 is 18.6 Å². The lowest BCUT2D eigenvalue weighted by atomic mass is 10.1. The van der Waals surface area contributed by atoms with Gasteiger partial charge < -0.3 is 20.4 Å². The minimum Gasteiger partial charge on any atom is -0.369 e. The highest BCUT2D eigenvalue weighted by Crippen LogP contribution is 2.19. The fraction of sp³-hybridized carbons (Fsp3) is 0.579. The fourth-order valence-corrected chi connectivity index (χ4v) is 3.11. The molecule has 6 nitrogen and oxygen atoms in total. The highest BCUT2D eigenvalue weighted by molar-refractivity contribution is 14.0. The Hall–Kier alpha value is -1.72. The highest BCUT2D eigenvalue weighted by Gasteiger charge is 2.31. The van der Waals surface area contributed by atoms with E-state index in [1.54, 1.807) is 0 Å². The first kappa shape index (κ1) is 25.3. The topological polar surface area (TPSA) is 60.0 Å². The number of benzene rings is 1. The van der Waals surface area contributed by atoms with Crippen LogP contribution in [0.3, 0.4) is 0 Å². The summed E-state index contributed by atoms with van der Waals surface area (Å²) in [5.74, 6) is -0.236. The van der Waals surface area contributed by atoms with Crippen molar-refractivity contribution in [1.82, 2.24) is 15.5 Å². The summed E-state index contributed by atoms with van der Waals surface area (Å²) in [7, 11) is 1.13. The molecule has 1 heterocycles. The van der Waals surface area contributed by atoms with Crippen LogP contribution in [0.1, 0.15) is 19.8 Å². The second-order valence-electron chi connectivity index (χ2n) is 6.83. The van der Waals surface area contributed by atoms with Crippen molar-refractivity contribution in [1.29, 1.82) is 0 Å². The zero-order valence-corrected chi connectivity index (χ0v) is 19.0. The third-order valence-corrected chi connectivity index (χ3v) is 4.44. The van der Waals surface area contributed by atoms with Crippen molar-refractivity contribution in [3.63, 3.8) is 0 Å². The maximum absolute atomic E-state index is 12.4. The van der Waals surface area contributed by atoms with Crippen LogP contribution in [0.4, 0.5) is 18.9 Å². The first-order valence-corrected chi connectivity index (χ1v) is 9.44. The summed E-state index contributed by atoms with van der Waals surface area (Å²) in [4.78, 5) is 19.0. The van der Waals surface area contributed by atoms with E-state index >= 15 is 0 Å². The van der Waals surface area contributed by atoms with Crippen LogP contribution in [-0.2, 0) is 4.79 Å². The molecule has 10 heteroatoms. The number of alkyl halides is 3. The zero-order valence-electron chi connectivity index (χ0n) is 16.7. The van der Waals surface area contributed by atoms with E-state index in [1.807, 2.05) is 25.1 Å². The Kier molecular flexibility index (Phi) is 10.5.